The second-order valence-electron chi connectivity index (χ2n) is 10.1. The largest absolute Gasteiger partial charge is 0.355 e. The number of para-hydroxylation sites is 2. The number of rotatable bonds is 13. The number of pyridine rings is 1. The van der Waals surface area contributed by atoms with Gasteiger partial charge in [0.05, 0.1) is 27.0 Å². The Kier molecular flexibility index (Phi) is 10.1. The van der Waals surface area contributed by atoms with Crippen LogP contribution in [0.5, 0.6) is 0 Å². The zero-order valence-corrected chi connectivity index (χ0v) is 25.4. The average molecular weight is 628 g/mol. The van der Waals surface area contributed by atoms with Gasteiger partial charge in [-0.05, 0) is 37.6 Å². The van der Waals surface area contributed by atoms with Crippen molar-refractivity contribution in [3.63, 3.8) is 0 Å². The number of carbonyl (C=O) groups excluding carboxylic acids is 2. The van der Waals surface area contributed by atoms with Crippen LogP contribution in [0.1, 0.15) is 35.2 Å². The van der Waals surface area contributed by atoms with Gasteiger partial charge in [0.25, 0.3) is 26.0 Å². The monoisotopic (exact) mass is 627 g/mol. The summed E-state index contributed by atoms with van der Waals surface area (Å²) in [4.78, 5) is 26.7. The zero-order chi connectivity index (χ0) is 31.2. The first-order valence-electron chi connectivity index (χ1n) is 13.8. The number of nitrogens with zero attached hydrogens (tertiary/aromatic N) is 2. The molecule has 4 rings (SSSR count). The maximum atomic E-state index is 14.5. The third-order valence-corrected chi connectivity index (χ3v) is 9.59. The lowest BCUT2D eigenvalue weighted by Crippen LogP contribution is -2.41. The van der Waals surface area contributed by atoms with Gasteiger partial charge >= 0.3 is 0 Å². The van der Waals surface area contributed by atoms with E-state index in [1.54, 1.807) is 60.7 Å². The van der Waals surface area contributed by atoms with Crippen molar-refractivity contribution in [3.05, 3.63) is 83.9 Å². The van der Waals surface area contributed by atoms with E-state index in [4.69, 9.17) is 5.73 Å². The molecule has 4 aromatic rings. The maximum Gasteiger partial charge on any atom is 0.269 e. The van der Waals surface area contributed by atoms with E-state index in [0.29, 0.717) is 21.8 Å². The molecule has 0 atom stereocenters. The van der Waals surface area contributed by atoms with Crippen LogP contribution in [0.4, 0.5) is 0 Å². The van der Waals surface area contributed by atoms with Crippen molar-refractivity contribution in [3.8, 4) is 0 Å². The van der Waals surface area contributed by atoms with Gasteiger partial charge in [0.15, 0.2) is 6.54 Å². The molecule has 0 saturated carbocycles. The summed E-state index contributed by atoms with van der Waals surface area (Å²) in [7, 11) is -8.50. The predicted molar refractivity (Wildman–Crippen MR) is 163 cm³/mol. The fourth-order valence-electron chi connectivity index (χ4n) is 4.97. The normalized spacial score (nSPS) is 12.0. The molecule has 0 aliphatic carbocycles. The van der Waals surface area contributed by atoms with Crippen LogP contribution in [0.15, 0.2) is 77.7 Å². The van der Waals surface area contributed by atoms with Crippen LogP contribution in [-0.4, -0.2) is 62.9 Å². The summed E-state index contributed by atoms with van der Waals surface area (Å²) < 4.78 is 62.7. The maximum absolute atomic E-state index is 14.5. The molecule has 13 heteroatoms. The predicted octanol–water partition coefficient (Wildman–Crippen LogP) is 2.55. The minimum absolute atomic E-state index is 0.00273. The first-order valence-corrected chi connectivity index (χ1v) is 16.9. The number of nitrogens with one attached hydrogen (secondary N) is 1. The molecule has 0 unspecified atom stereocenters. The molecule has 3 aromatic carbocycles. The fraction of sp³-hybridized carbons (Fsp3) is 0.300. The Morgan fingerprint density at radius 1 is 0.884 bits per heavy atom. The number of hydrogen-bond donors (Lipinski definition) is 3. The molecule has 0 fully saturated rings. The number of nitrogens with two attached hydrogens (primary N) is 1. The summed E-state index contributed by atoms with van der Waals surface area (Å²) in [6, 6.07) is 20.2. The third kappa shape index (κ3) is 7.54. The van der Waals surface area contributed by atoms with E-state index in [2.05, 4.69) is 5.32 Å². The summed E-state index contributed by atoms with van der Waals surface area (Å²) in [6.07, 6.45) is 0.202. The van der Waals surface area contributed by atoms with Crippen LogP contribution in [0.2, 0.25) is 0 Å². The molecule has 0 bridgehead atoms. The van der Waals surface area contributed by atoms with E-state index < -0.39 is 31.8 Å². The number of amides is 2. The lowest BCUT2D eigenvalue weighted by molar-refractivity contribution is -0.645. The minimum Gasteiger partial charge on any atom is -0.355 e. The van der Waals surface area contributed by atoms with Crippen LogP contribution in [0.25, 0.3) is 21.8 Å². The molecule has 11 nitrogen and oxygen atoms in total. The number of sulfonamides is 1. The van der Waals surface area contributed by atoms with Crippen molar-refractivity contribution in [1.29, 1.82) is 0 Å². The fourth-order valence-corrected chi connectivity index (χ4v) is 6.88. The quantitative estimate of drug-likeness (QED) is 0.115. The summed E-state index contributed by atoms with van der Waals surface area (Å²) in [5, 5.41) is 3.60. The zero-order valence-electron chi connectivity index (χ0n) is 23.8. The number of fused-ring (bicyclic) bond motifs is 2. The number of aryl methyl sites for hydroxylation is 2. The van der Waals surface area contributed by atoms with E-state index in [-0.39, 0.29) is 61.8 Å². The summed E-state index contributed by atoms with van der Waals surface area (Å²) in [6.45, 7) is 2.36. The Balaban J connectivity index is 1.85. The molecule has 0 radical (unpaired) electrons. The summed E-state index contributed by atoms with van der Waals surface area (Å²) >= 11 is 0. The van der Waals surface area contributed by atoms with Gasteiger partial charge in [-0.2, -0.15) is 13.0 Å². The van der Waals surface area contributed by atoms with Gasteiger partial charge in [-0.25, -0.2) is 12.7 Å². The summed E-state index contributed by atoms with van der Waals surface area (Å²) in [5.41, 5.74) is 7.65. The molecule has 0 saturated heterocycles. The van der Waals surface area contributed by atoms with E-state index in [0.717, 1.165) is 9.87 Å². The van der Waals surface area contributed by atoms with Crippen molar-refractivity contribution < 1.29 is 35.5 Å². The second-order valence-corrected chi connectivity index (χ2v) is 13.6. The topological polar surface area (TPSA) is 168 Å². The first-order chi connectivity index (χ1) is 20.4. The van der Waals surface area contributed by atoms with Gasteiger partial charge in [0.2, 0.25) is 16.9 Å². The number of aromatic nitrogens is 1. The number of hydrogen-bond acceptors (Lipinski definition) is 7. The Hall–Kier alpha value is -3.91. The Labute approximate surface area is 251 Å². The average Bonchev–Trinajstić information content (AvgIpc) is 2.97. The van der Waals surface area contributed by atoms with E-state index in [1.165, 1.54) is 12.1 Å². The number of benzene rings is 3. The second kappa shape index (κ2) is 13.6. The van der Waals surface area contributed by atoms with Gasteiger partial charge in [-0.1, -0.05) is 42.0 Å². The van der Waals surface area contributed by atoms with E-state index >= 15 is 0 Å². The summed E-state index contributed by atoms with van der Waals surface area (Å²) in [5.74, 6) is -1.49. The van der Waals surface area contributed by atoms with Crippen molar-refractivity contribution in [2.45, 2.75) is 37.6 Å². The highest BCUT2D eigenvalue weighted by Crippen LogP contribution is 2.29. The molecule has 43 heavy (non-hydrogen) atoms. The van der Waals surface area contributed by atoms with Gasteiger partial charge in [-0.15, -0.1) is 0 Å². The van der Waals surface area contributed by atoms with Gasteiger partial charge < -0.3 is 11.1 Å². The highest BCUT2D eigenvalue weighted by atomic mass is 32.2. The van der Waals surface area contributed by atoms with Crippen molar-refractivity contribution in [1.82, 2.24) is 9.62 Å². The molecule has 1 aromatic heterocycles. The smallest absolute Gasteiger partial charge is 0.269 e. The van der Waals surface area contributed by atoms with Crippen molar-refractivity contribution in [2.75, 3.05) is 25.4 Å². The number of carbonyl (C=O) groups is 2. The first kappa shape index (κ1) is 32.0. The Bertz CT molecular complexity index is 1800. The molecular weight excluding hydrogens is 592 g/mol. The molecule has 4 N–H and O–H groups in total. The third-order valence-electron chi connectivity index (χ3n) is 6.99. The van der Waals surface area contributed by atoms with E-state index in [1.807, 2.05) is 11.5 Å². The molecule has 2 amide bonds. The van der Waals surface area contributed by atoms with Crippen molar-refractivity contribution >= 4 is 53.8 Å². The van der Waals surface area contributed by atoms with Crippen LogP contribution in [0.3, 0.4) is 0 Å². The van der Waals surface area contributed by atoms with Gasteiger partial charge in [0.1, 0.15) is 0 Å². The Morgan fingerprint density at radius 3 is 2.02 bits per heavy atom. The lowest BCUT2D eigenvalue weighted by Gasteiger charge is -2.24. The molecule has 1 heterocycles. The Morgan fingerprint density at radius 2 is 1.47 bits per heavy atom. The lowest BCUT2D eigenvalue weighted by atomic mass is 10.0. The van der Waals surface area contributed by atoms with Gasteiger partial charge in [0, 0.05) is 44.6 Å². The van der Waals surface area contributed by atoms with Gasteiger partial charge in [-0.3, -0.25) is 14.1 Å². The highest BCUT2D eigenvalue weighted by Gasteiger charge is 2.34. The SMILES string of the molecule is Cc1ccc(S(=O)(=O)N(CCCC(=O)NCCN)C(=O)c2c3ccccc3[n+](CCCS(=O)(=O)O)c3ccccc23)cc1. The van der Waals surface area contributed by atoms with Crippen molar-refractivity contribution in [2.24, 2.45) is 5.73 Å². The molecular formula is C30H35N4O7S2+. The van der Waals surface area contributed by atoms with Crippen LogP contribution < -0.4 is 15.6 Å². The highest BCUT2D eigenvalue weighted by molar-refractivity contribution is 7.89. The van der Waals surface area contributed by atoms with Crippen LogP contribution in [0, 0.1) is 6.92 Å². The molecule has 228 valence electrons. The molecule has 0 aliphatic rings. The molecule has 0 spiro atoms. The standard InChI is InChI=1S/C30H34N4O7S2/c1-22-13-15-23(16-14-22)43(40,41)34(20-6-12-28(35)32-18-17-31)30(36)29-24-8-2-4-10-26(24)33(19-7-21-42(37,38)39)27-11-5-3-9-25(27)29/h2-5,8-11,13-16H,6-7,12,17-21,31H2,1H3,(H-,32,35,37,38,39)/p+1. The van der Waals surface area contributed by atoms with Crippen LogP contribution in [-0.2, 0) is 31.5 Å². The van der Waals surface area contributed by atoms with E-state index in [9.17, 15) is 31.0 Å². The minimum atomic E-state index is -4.33. The van der Waals surface area contributed by atoms with Crippen LogP contribution >= 0.6 is 0 Å². The molecule has 0 aliphatic heterocycles.